The zero-order valence-corrected chi connectivity index (χ0v) is 34.3. The highest BCUT2D eigenvalue weighted by Gasteiger charge is 2.31. The van der Waals surface area contributed by atoms with Gasteiger partial charge in [-0.15, -0.1) is 0 Å². The molecule has 0 saturated heterocycles. The summed E-state index contributed by atoms with van der Waals surface area (Å²) in [5.41, 5.74) is 21.9. The van der Waals surface area contributed by atoms with Crippen molar-refractivity contribution in [3.05, 3.63) is 271 Å². The molecule has 1 aliphatic carbocycles. The molecule has 0 atom stereocenters. The molecule has 0 heterocycles. The first-order valence-electron chi connectivity index (χ1n) is 21.5. The molecule has 1 heteroatoms. The van der Waals surface area contributed by atoms with Gasteiger partial charge in [0.25, 0.3) is 0 Å². The van der Waals surface area contributed by atoms with Gasteiger partial charge in [-0.05, 0) is 108 Å². The minimum Gasteiger partial charge on any atom is -0.310 e. The quantitative estimate of drug-likeness (QED) is 0.141. The fourth-order valence-corrected chi connectivity index (χ4v) is 9.40. The summed E-state index contributed by atoms with van der Waals surface area (Å²) in [6, 6.07) is 92.8. The molecule has 292 valence electrons. The largest absolute Gasteiger partial charge is 0.310 e. The van der Waals surface area contributed by atoms with Gasteiger partial charge in [-0.25, -0.2) is 0 Å². The Hall–Kier alpha value is -8.00. The Morgan fingerprint density at radius 1 is 0.226 bits per heavy atom. The second-order valence-electron chi connectivity index (χ2n) is 16.0. The highest BCUT2D eigenvalue weighted by Crippen LogP contribution is 2.50. The van der Waals surface area contributed by atoms with Gasteiger partial charge in [0, 0.05) is 22.9 Å². The Kier molecular flexibility index (Phi) is 9.69. The monoisotopic (exact) mass is 789 g/mol. The van der Waals surface area contributed by atoms with Crippen LogP contribution in [0.5, 0.6) is 0 Å². The normalized spacial score (nSPS) is 11.8. The molecule has 0 N–H and O–H groups in total. The maximum absolute atomic E-state index is 2.43. The van der Waals surface area contributed by atoms with Crippen molar-refractivity contribution in [1.29, 1.82) is 0 Å². The minimum absolute atomic E-state index is 0.162. The summed E-state index contributed by atoms with van der Waals surface area (Å²) in [5, 5.41) is 0. The summed E-state index contributed by atoms with van der Waals surface area (Å²) in [6.07, 6.45) is 0. The highest BCUT2D eigenvalue weighted by molar-refractivity contribution is 5.92. The number of hydrogen-bond acceptors (Lipinski definition) is 1. The molecule has 62 heavy (non-hydrogen) atoms. The topological polar surface area (TPSA) is 3.24 Å². The van der Waals surface area contributed by atoms with E-state index >= 15 is 0 Å². The van der Waals surface area contributed by atoms with Crippen LogP contribution in [0.4, 0.5) is 17.1 Å². The number of rotatable bonds is 9. The molecule has 0 aliphatic heterocycles. The van der Waals surface area contributed by atoms with Crippen LogP contribution in [0.25, 0.3) is 66.8 Å². The molecule has 1 aliphatic rings. The lowest BCUT2D eigenvalue weighted by Gasteiger charge is -2.29. The number of fused-ring (bicyclic) bond motifs is 3. The Morgan fingerprint density at radius 3 is 1.05 bits per heavy atom. The molecule has 0 unspecified atom stereocenters. The third kappa shape index (κ3) is 6.90. The SMILES string of the molecule is c1ccc(-c2ccc(-c3ccc(-c4ccccc4)cc3N(c3ccc(-c4ccccc4)cc3)c3ccc(-c4ccccc4C4c5ccccc5-c5ccccc54)cc3)cc2)cc1. The average Bonchev–Trinajstić information content (AvgIpc) is 3.70. The predicted octanol–water partition coefficient (Wildman–Crippen LogP) is 16.7. The lowest BCUT2D eigenvalue weighted by Crippen LogP contribution is -2.11. The van der Waals surface area contributed by atoms with Crippen LogP contribution in [-0.4, -0.2) is 0 Å². The standard InChI is InChI=1S/C61H43N/c1-4-16-43(17-5-1)46-28-30-49(31-29-46)54-41-36-50(45-20-8-3-9-21-45)42-60(54)62(51-37-32-47(33-38-51)44-18-6-2-7-19-44)52-39-34-48(35-40-52)53-22-10-13-25-57(53)61-58-26-14-11-23-55(58)56-24-12-15-27-59(56)61/h1-42,61H. The van der Waals surface area contributed by atoms with E-state index in [0.29, 0.717) is 0 Å². The number of benzene rings is 10. The van der Waals surface area contributed by atoms with Crippen molar-refractivity contribution in [3.8, 4) is 66.8 Å². The molecular weight excluding hydrogens is 747 g/mol. The van der Waals surface area contributed by atoms with Crippen molar-refractivity contribution in [2.75, 3.05) is 4.90 Å². The van der Waals surface area contributed by atoms with Crippen LogP contribution in [0.1, 0.15) is 22.6 Å². The van der Waals surface area contributed by atoms with Gasteiger partial charge in [-0.2, -0.15) is 0 Å². The lowest BCUT2D eigenvalue weighted by molar-refractivity contribution is 1.02. The van der Waals surface area contributed by atoms with Crippen molar-refractivity contribution in [1.82, 2.24) is 0 Å². The van der Waals surface area contributed by atoms with E-state index in [-0.39, 0.29) is 5.92 Å². The van der Waals surface area contributed by atoms with Crippen molar-refractivity contribution in [3.63, 3.8) is 0 Å². The fourth-order valence-electron chi connectivity index (χ4n) is 9.40. The summed E-state index contributed by atoms with van der Waals surface area (Å²) in [5.74, 6) is 0.162. The van der Waals surface area contributed by atoms with Gasteiger partial charge in [0.15, 0.2) is 0 Å². The number of nitrogens with zero attached hydrogens (tertiary/aromatic N) is 1. The van der Waals surface area contributed by atoms with Crippen molar-refractivity contribution in [2.45, 2.75) is 5.92 Å². The van der Waals surface area contributed by atoms with Crippen LogP contribution < -0.4 is 4.90 Å². The van der Waals surface area contributed by atoms with E-state index < -0.39 is 0 Å². The molecule has 11 rings (SSSR count). The molecule has 0 bridgehead atoms. The van der Waals surface area contributed by atoms with Gasteiger partial charge in [0.1, 0.15) is 0 Å². The van der Waals surface area contributed by atoms with Crippen LogP contribution in [0.15, 0.2) is 255 Å². The minimum atomic E-state index is 0.162. The van der Waals surface area contributed by atoms with E-state index in [4.69, 9.17) is 0 Å². The first-order valence-corrected chi connectivity index (χ1v) is 21.5. The van der Waals surface area contributed by atoms with Crippen LogP contribution in [0.3, 0.4) is 0 Å². The number of hydrogen-bond donors (Lipinski definition) is 0. The second kappa shape index (κ2) is 16.2. The summed E-state index contributed by atoms with van der Waals surface area (Å²) in [7, 11) is 0. The van der Waals surface area contributed by atoms with Gasteiger partial charge in [-0.1, -0.05) is 224 Å². The molecule has 10 aromatic rings. The van der Waals surface area contributed by atoms with Gasteiger partial charge < -0.3 is 4.90 Å². The van der Waals surface area contributed by atoms with E-state index in [1.807, 2.05) is 0 Å². The van der Waals surface area contributed by atoms with E-state index in [1.165, 1.54) is 72.3 Å². The van der Waals surface area contributed by atoms with Crippen LogP contribution >= 0.6 is 0 Å². The average molecular weight is 790 g/mol. The Bertz CT molecular complexity index is 3090. The molecule has 0 amide bonds. The Labute approximate surface area is 364 Å². The zero-order chi connectivity index (χ0) is 41.2. The van der Waals surface area contributed by atoms with Crippen LogP contribution in [0.2, 0.25) is 0 Å². The summed E-state index contributed by atoms with van der Waals surface area (Å²) < 4.78 is 0. The molecule has 0 aromatic heterocycles. The van der Waals surface area contributed by atoms with Crippen LogP contribution in [-0.2, 0) is 0 Å². The first kappa shape index (κ1) is 37.0. The van der Waals surface area contributed by atoms with E-state index in [0.717, 1.165) is 28.2 Å². The summed E-state index contributed by atoms with van der Waals surface area (Å²) in [6.45, 7) is 0. The molecule has 1 nitrogen and oxygen atoms in total. The highest BCUT2D eigenvalue weighted by atomic mass is 15.1. The van der Waals surface area contributed by atoms with Crippen molar-refractivity contribution < 1.29 is 0 Å². The van der Waals surface area contributed by atoms with Gasteiger partial charge in [0.2, 0.25) is 0 Å². The maximum Gasteiger partial charge on any atom is 0.0546 e. The Balaban J connectivity index is 1.06. The van der Waals surface area contributed by atoms with E-state index in [1.54, 1.807) is 0 Å². The van der Waals surface area contributed by atoms with Gasteiger partial charge in [-0.3, -0.25) is 0 Å². The van der Waals surface area contributed by atoms with Gasteiger partial charge >= 0.3 is 0 Å². The van der Waals surface area contributed by atoms with E-state index in [9.17, 15) is 0 Å². The van der Waals surface area contributed by atoms with E-state index in [2.05, 4.69) is 260 Å². The first-order chi connectivity index (χ1) is 30.8. The van der Waals surface area contributed by atoms with Crippen molar-refractivity contribution in [2.24, 2.45) is 0 Å². The maximum atomic E-state index is 2.43. The van der Waals surface area contributed by atoms with Crippen LogP contribution in [0, 0.1) is 0 Å². The third-order valence-electron chi connectivity index (χ3n) is 12.4. The molecule has 0 fully saturated rings. The smallest absolute Gasteiger partial charge is 0.0546 e. The Morgan fingerprint density at radius 2 is 0.548 bits per heavy atom. The molecular formula is C61H43N. The fraction of sp³-hybridized carbons (Fsp3) is 0.0164. The summed E-state index contributed by atoms with van der Waals surface area (Å²) in [4.78, 5) is 2.43. The third-order valence-corrected chi connectivity index (χ3v) is 12.4. The zero-order valence-electron chi connectivity index (χ0n) is 34.3. The molecule has 0 saturated carbocycles. The predicted molar refractivity (Wildman–Crippen MR) is 261 cm³/mol. The van der Waals surface area contributed by atoms with Crippen molar-refractivity contribution >= 4 is 17.1 Å². The lowest BCUT2D eigenvalue weighted by atomic mass is 9.84. The molecule has 0 spiro atoms. The molecule has 10 aromatic carbocycles. The summed E-state index contributed by atoms with van der Waals surface area (Å²) >= 11 is 0. The molecule has 0 radical (unpaired) electrons. The number of anilines is 3. The van der Waals surface area contributed by atoms with Gasteiger partial charge in [0.05, 0.1) is 5.69 Å². The second-order valence-corrected chi connectivity index (χ2v) is 16.0.